The van der Waals surface area contributed by atoms with Crippen molar-refractivity contribution in [2.75, 3.05) is 52.7 Å². The molecule has 6 aliphatic rings. The zero-order chi connectivity index (χ0) is 49.6. The van der Waals surface area contributed by atoms with Crippen LogP contribution >= 0.6 is 0 Å². The summed E-state index contributed by atoms with van der Waals surface area (Å²) in [6, 6.07) is 14.6. The fourth-order valence-corrected chi connectivity index (χ4v) is 12.2. The summed E-state index contributed by atoms with van der Waals surface area (Å²) >= 11 is 0. The minimum absolute atomic E-state index is 0.0757. The second-order valence-corrected chi connectivity index (χ2v) is 21.0. The third kappa shape index (κ3) is 8.06. The Bertz CT molecular complexity index is 3110. The van der Waals surface area contributed by atoms with E-state index in [9.17, 15) is 33.9 Å². The van der Waals surface area contributed by atoms with Crippen LogP contribution in [-0.2, 0) is 42.6 Å². The lowest BCUT2D eigenvalue weighted by molar-refractivity contribution is -0.136. The van der Waals surface area contributed by atoms with Crippen LogP contribution in [0.25, 0.3) is 11.1 Å². The van der Waals surface area contributed by atoms with E-state index in [0.717, 1.165) is 68.1 Å². The molecule has 1 aliphatic carbocycles. The Labute approximate surface area is 411 Å². The molecule has 18 heteroatoms. The van der Waals surface area contributed by atoms with Crippen molar-refractivity contribution in [3.63, 3.8) is 0 Å². The highest BCUT2D eigenvalue weighted by molar-refractivity contribution is 6.23. The van der Waals surface area contributed by atoms with Gasteiger partial charge in [0, 0.05) is 106 Å². The molecule has 5 aromatic rings. The molecule has 71 heavy (non-hydrogen) atoms. The van der Waals surface area contributed by atoms with Crippen LogP contribution in [0.3, 0.4) is 0 Å². The van der Waals surface area contributed by atoms with Gasteiger partial charge in [-0.2, -0.15) is 0 Å². The lowest BCUT2D eigenvalue weighted by atomic mass is 9.90. The molecule has 11 rings (SSSR count). The molecule has 9 heterocycles. The van der Waals surface area contributed by atoms with Crippen molar-refractivity contribution >= 4 is 58.2 Å². The number of aliphatic hydroxyl groups excluding tert-OH is 1. The van der Waals surface area contributed by atoms with Crippen LogP contribution in [0.15, 0.2) is 71.9 Å². The average molecular weight is 962 g/mol. The lowest BCUT2D eigenvalue weighted by Crippen LogP contribution is -2.58. The number of hydrogen-bond donors (Lipinski definition) is 3. The molecule has 0 bridgehead atoms. The molecule has 368 valence electrons. The zero-order valence-corrected chi connectivity index (χ0v) is 40.8. The molecule has 1 aromatic carbocycles. The van der Waals surface area contributed by atoms with Gasteiger partial charge in [0.05, 0.1) is 29.6 Å². The number of aryl methyl sites for hydroxylation is 1. The smallest absolute Gasteiger partial charge is 0.276 e. The van der Waals surface area contributed by atoms with E-state index in [4.69, 9.17) is 4.98 Å². The highest BCUT2D eigenvalue weighted by atomic mass is 16.3. The molecule has 18 nitrogen and oxygen atoms in total. The number of carbonyl (C=O) groups is 5. The topological polar surface area (TPSA) is 199 Å². The molecule has 4 aromatic heterocycles. The third-order valence-corrected chi connectivity index (χ3v) is 15.7. The molecular formula is C53H59N11O7. The summed E-state index contributed by atoms with van der Waals surface area (Å²) in [6.07, 6.45) is 9.14. The predicted molar refractivity (Wildman–Crippen MR) is 267 cm³/mol. The van der Waals surface area contributed by atoms with Crippen LogP contribution in [-0.4, -0.2) is 120 Å². The summed E-state index contributed by atoms with van der Waals surface area (Å²) in [5.74, 6) is -1.24. The Balaban J connectivity index is 0.726. The van der Waals surface area contributed by atoms with Gasteiger partial charge in [-0.1, -0.05) is 13.8 Å². The lowest BCUT2D eigenvalue weighted by Gasteiger charge is -2.48. The summed E-state index contributed by atoms with van der Waals surface area (Å²) in [6.45, 7) is 13.0. The SMILES string of the molecule is C[C@@H]1C[C@@H](N2CCN(c3ccc(Nc4cc(-c5ccnc(N6CCn7c(cc8c7CC(C)(C)C8)C6=O)c5CO)cn(C)c4=O)nc3)[C@@H](C)C2)CCN1c1ccc2c(c1)C(=O)N(C1CCC(=O)NC1=O)C2=O. The highest BCUT2D eigenvalue weighted by Gasteiger charge is 2.45. The van der Waals surface area contributed by atoms with Crippen LogP contribution in [0.1, 0.15) is 101 Å². The molecule has 1 unspecified atom stereocenters. The first kappa shape index (κ1) is 46.2. The van der Waals surface area contributed by atoms with Gasteiger partial charge in [0.25, 0.3) is 23.3 Å². The summed E-state index contributed by atoms with van der Waals surface area (Å²) in [5.41, 5.74) is 7.64. The number of rotatable bonds is 9. The summed E-state index contributed by atoms with van der Waals surface area (Å²) in [7, 11) is 1.69. The number of anilines is 5. The fourth-order valence-electron chi connectivity index (χ4n) is 12.2. The van der Waals surface area contributed by atoms with Gasteiger partial charge in [-0.3, -0.25) is 48.8 Å². The van der Waals surface area contributed by atoms with E-state index in [1.54, 1.807) is 48.6 Å². The molecule has 0 spiro atoms. The van der Waals surface area contributed by atoms with Crippen LogP contribution < -0.4 is 30.9 Å². The van der Waals surface area contributed by atoms with Gasteiger partial charge in [0.1, 0.15) is 29.1 Å². The number of amides is 5. The van der Waals surface area contributed by atoms with Crippen molar-refractivity contribution in [3.05, 3.63) is 111 Å². The number of carbonyl (C=O) groups excluding carboxylic acids is 5. The Kier molecular flexibility index (Phi) is 11.5. The summed E-state index contributed by atoms with van der Waals surface area (Å²) in [5, 5.41) is 16.3. The van der Waals surface area contributed by atoms with Gasteiger partial charge < -0.3 is 29.4 Å². The molecule has 0 radical (unpaired) electrons. The first-order chi connectivity index (χ1) is 34.1. The van der Waals surface area contributed by atoms with Crippen LogP contribution in [0.4, 0.5) is 28.7 Å². The van der Waals surface area contributed by atoms with Crippen molar-refractivity contribution < 1.29 is 29.1 Å². The number of fused-ring (bicyclic) bond motifs is 4. The maximum atomic E-state index is 14.0. The Hall–Kier alpha value is -7.18. The van der Waals surface area contributed by atoms with Crippen LogP contribution in [0.2, 0.25) is 0 Å². The average Bonchev–Trinajstić information content (AvgIpc) is 3.94. The highest BCUT2D eigenvalue weighted by Crippen LogP contribution is 2.41. The van der Waals surface area contributed by atoms with Crippen molar-refractivity contribution in [3.8, 4) is 11.1 Å². The van der Waals surface area contributed by atoms with E-state index in [-0.39, 0.29) is 59.5 Å². The maximum absolute atomic E-state index is 14.0. The van der Waals surface area contributed by atoms with Crippen molar-refractivity contribution in [2.24, 2.45) is 12.5 Å². The van der Waals surface area contributed by atoms with Crippen molar-refractivity contribution in [2.45, 2.75) is 104 Å². The molecule has 0 saturated carbocycles. The predicted octanol–water partition coefficient (Wildman–Crippen LogP) is 4.63. The van der Waals surface area contributed by atoms with E-state index in [1.807, 2.05) is 30.5 Å². The number of piperidine rings is 2. The number of benzene rings is 1. The zero-order valence-electron chi connectivity index (χ0n) is 40.8. The van der Waals surface area contributed by atoms with E-state index in [0.29, 0.717) is 58.8 Å². The molecule has 4 atom stereocenters. The van der Waals surface area contributed by atoms with E-state index < -0.39 is 29.7 Å². The van der Waals surface area contributed by atoms with Gasteiger partial charge in [-0.15, -0.1) is 0 Å². The summed E-state index contributed by atoms with van der Waals surface area (Å²) < 4.78 is 3.66. The molecule has 3 N–H and O–H groups in total. The largest absolute Gasteiger partial charge is 0.392 e. The van der Waals surface area contributed by atoms with E-state index >= 15 is 0 Å². The van der Waals surface area contributed by atoms with Gasteiger partial charge in [-0.25, -0.2) is 9.97 Å². The quantitative estimate of drug-likeness (QED) is 0.173. The first-order valence-corrected chi connectivity index (χ1v) is 24.8. The van der Waals surface area contributed by atoms with Crippen molar-refractivity contribution in [1.29, 1.82) is 0 Å². The van der Waals surface area contributed by atoms with E-state index in [1.165, 1.54) is 15.8 Å². The number of nitrogens with one attached hydrogen (secondary N) is 2. The third-order valence-electron chi connectivity index (χ3n) is 15.7. The minimum atomic E-state index is -0.998. The van der Waals surface area contributed by atoms with Crippen LogP contribution in [0, 0.1) is 5.41 Å². The van der Waals surface area contributed by atoms with E-state index in [2.05, 4.69) is 62.6 Å². The summed E-state index contributed by atoms with van der Waals surface area (Å²) in [4.78, 5) is 98.0. The molecule has 5 aliphatic heterocycles. The normalized spacial score (nSPS) is 23.3. The Morgan fingerprint density at radius 3 is 2.34 bits per heavy atom. The van der Waals surface area contributed by atoms with Crippen molar-refractivity contribution in [1.82, 2.24) is 34.2 Å². The standard InChI is InChI=1S/C53H59N11O7/c1-30-20-34(13-15-60(30)35-6-8-38-39(23-35)50(69)64(49(38)68)42-9-11-46(66)57-48(42)67)59-16-17-61(31(2)27-59)36-7-10-45(55-26-36)56-41-21-33(28-58(5)51(41)70)37-12-14-54-47(40(37)29-65)63-19-18-62-43(52(63)71)22-32-24-53(3,4)25-44(32)62/h6-8,10,12,14,21-23,26,28,30-31,34,42,65H,9,11,13,15-20,24-25,27,29H2,1-5H3,(H,55,56)(H,57,66,67)/t30-,31+,34+,42?/m1/s1. The molecule has 3 fully saturated rings. The van der Waals surface area contributed by atoms with Crippen LogP contribution in [0.5, 0.6) is 0 Å². The number of nitrogens with zero attached hydrogens (tertiary/aromatic N) is 9. The number of pyridine rings is 3. The molecule has 3 saturated heterocycles. The number of imide groups is 2. The fraction of sp³-hybridized carbons (Fsp3) is 0.434. The van der Waals surface area contributed by atoms with Gasteiger partial charge in [0.15, 0.2) is 0 Å². The Morgan fingerprint density at radius 2 is 1.59 bits per heavy atom. The minimum Gasteiger partial charge on any atom is -0.392 e. The number of aromatic nitrogens is 4. The maximum Gasteiger partial charge on any atom is 0.276 e. The number of piperazine rings is 1. The van der Waals surface area contributed by atoms with Gasteiger partial charge in [-0.05, 0) is 111 Å². The monoisotopic (exact) mass is 961 g/mol. The van der Waals surface area contributed by atoms with Gasteiger partial charge >= 0.3 is 0 Å². The Morgan fingerprint density at radius 1 is 0.803 bits per heavy atom. The second-order valence-electron chi connectivity index (χ2n) is 21.0. The van der Waals surface area contributed by atoms with Gasteiger partial charge in [0.2, 0.25) is 11.8 Å². The molecule has 5 amide bonds. The first-order valence-electron chi connectivity index (χ1n) is 24.8. The number of aliphatic hydroxyl groups is 1. The molecular weight excluding hydrogens is 903 g/mol. The number of hydrogen-bond acceptors (Lipinski definition) is 13. The second kappa shape index (κ2) is 17.6.